The zero-order valence-corrected chi connectivity index (χ0v) is 9.15. The minimum atomic E-state index is 0.395. The van der Waals surface area contributed by atoms with Gasteiger partial charge in [0.05, 0.1) is 17.8 Å². The van der Waals surface area contributed by atoms with Crippen LogP contribution in [0.2, 0.25) is 0 Å². The van der Waals surface area contributed by atoms with Gasteiger partial charge in [-0.3, -0.25) is 0 Å². The van der Waals surface area contributed by atoms with E-state index in [1.54, 1.807) is 18.4 Å². The van der Waals surface area contributed by atoms with Gasteiger partial charge in [0.1, 0.15) is 0 Å². The van der Waals surface area contributed by atoms with Crippen LogP contribution < -0.4 is 5.32 Å². The molecule has 0 aliphatic rings. The molecule has 1 heterocycles. The van der Waals surface area contributed by atoms with Crippen LogP contribution in [-0.2, 0) is 11.3 Å². The number of ether oxygens (including phenoxy) is 1. The number of nitrogens with zero attached hydrogens (tertiary/aromatic N) is 1. The molecule has 3 nitrogen and oxygen atoms in total. The average molecular weight is 200 g/mol. The minimum Gasteiger partial charge on any atom is -0.383 e. The average Bonchev–Trinajstić information content (AvgIpc) is 2.48. The van der Waals surface area contributed by atoms with Crippen LogP contribution in [0.4, 0.5) is 0 Å². The molecule has 0 aliphatic carbocycles. The summed E-state index contributed by atoms with van der Waals surface area (Å²) in [6, 6.07) is 0.395. The van der Waals surface area contributed by atoms with Crippen LogP contribution in [0.1, 0.15) is 17.5 Å². The summed E-state index contributed by atoms with van der Waals surface area (Å²) in [5.41, 5.74) is 3.01. The van der Waals surface area contributed by atoms with Crippen LogP contribution in [0.15, 0.2) is 5.51 Å². The van der Waals surface area contributed by atoms with E-state index in [0.717, 1.165) is 18.8 Å². The number of methoxy groups -OCH3 is 1. The third-order valence-electron chi connectivity index (χ3n) is 1.87. The summed E-state index contributed by atoms with van der Waals surface area (Å²) in [6.07, 6.45) is 0. The van der Waals surface area contributed by atoms with Crippen LogP contribution in [0, 0.1) is 6.92 Å². The van der Waals surface area contributed by atoms with Gasteiger partial charge in [-0.25, -0.2) is 4.98 Å². The smallest absolute Gasteiger partial charge is 0.0798 e. The standard InChI is InChI=1S/C9H16N2OS/c1-7(5-12-3)10-4-9-8(2)11-6-13-9/h6-7,10H,4-5H2,1-3H3/t7-/m0/s1. The predicted molar refractivity (Wildman–Crippen MR) is 55.0 cm³/mol. The molecule has 4 heteroatoms. The molecule has 0 saturated carbocycles. The number of hydrogen-bond acceptors (Lipinski definition) is 4. The summed E-state index contributed by atoms with van der Waals surface area (Å²) in [4.78, 5) is 5.50. The van der Waals surface area contributed by atoms with Crippen LogP contribution in [-0.4, -0.2) is 24.7 Å². The van der Waals surface area contributed by atoms with Gasteiger partial charge in [-0.05, 0) is 13.8 Å². The Morgan fingerprint density at radius 2 is 2.46 bits per heavy atom. The molecule has 13 heavy (non-hydrogen) atoms. The van der Waals surface area contributed by atoms with Crippen molar-refractivity contribution in [2.45, 2.75) is 26.4 Å². The Morgan fingerprint density at radius 3 is 3.00 bits per heavy atom. The Bertz CT molecular complexity index is 250. The Labute approximate surface area is 83.1 Å². The number of nitrogens with one attached hydrogen (secondary N) is 1. The van der Waals surface area contributed by atoms with Crippen molar-refractivity contribution in [3.63, 3.8) is 0 Å². The van der Waals surface area contributed by atoms with Gasteiger partial charge in [-0.1, -0.05) is 0 Å². The molecule has 1 atom stereocenters. The molecule has 0 spiro atoms. The van der Waals surface area contributed by atoms with E-state index < -0.39 is 0 Å². The minimum absolute atomic E-state index is 0.395. The largest absolute Gasteiger partial charge is 0.383 e. The van der Waals surface area contributed by atoms with Crippen molar-refractivity contribution in [1.82, 2.24) is 10.3 Å². The molecule has 1 rings (SSSR count). The Hall–Kier alpha value is -0.450. The van der Waals surface area contributed by atoms with Crippen molar-refractivity contribution in [3.8, 4) is 0 Å². The van der Waals surface area contributed by atoms with Crippen LogP contribution in [0.3, 0.4) is 0 Å². The first-order valence-electron chi connectivity index (χ1n) is 4.35. The Balaban J connectivity index is 2.30. The van der Waals surface area contributed by atoms with Crippen molar-refractivity contribution in [3.05, 3.63) is 16.1 Å². The molecule has 0 radical (unpaired) electrons. The third kappa shape index (κ3) is 3.42. The first-order valence-corrected chi connectivity index (χ1v) is 5.23. The van der Waals surface area contributed by atoms with E-state index >= 15 is 0 Å². The van der Waals surface area contributed by atoms with E-state index in [4.69, 9.17) is 4.74 Å². The Morgan fingerprint density at radius 1 is 1.69 bits per heavy atom. The van der Waals surface area contributed by atoms with Crippen molar-refractivity contribution < 1.29 is 4.74 Å². The van der Waals surface area contributed by atoms with Gasteiger partial charge in [0.15, 0.2) is 0 Å². The highest BCUT2D eigenvalue weighted by atomic mass is 32.1. The number of rotatable bonds is 5. The lowest BCUT2D eigenvalue weighted by Gasteiger charge is -2.11. The summed E-state index contributed by atoms with van der Waals surface area (Å²) in [5, 5.41) is 3.37. The number of thiazole rings is 1. The zero-order chi connectivity index (χ0) is 9.68. The van der Waals surface area contributed by atoms with Gasteiger partial charge in [0.25, 0.3) is 0 Å². The fourth-order valence-corrected chi connectivity index (χ4v) is 1.80. The second kappa shape index (κ2) is 5.32. The molecule has 0 fully saturated rings. The quantitative estimate of drug-likeness (QED) is 0.783. The molecular weight excluding hydrogens is 184 g/mol. The third-order valence-corrected chi connectivity index (χ3v) is 2.81. The van der Waals surface area contributed by atoms with Crippen molar-refractivity contribution in [2.24, 2.45) is 0 Å². The SMILES string of the molecule is COC[C@H](C)NCc1scnc1C. The van der Waals surface area contributed by atoms with Gasteiger partial charge in [0, 0.05) is 24.6 Å². The monoisotopic (exact) mass is 200 g/mol. The highest BCUT2D eigenvalue weighted by molar-refractivity contribution is 7.09. The highest BCUT2D eigenvalue weighted by Crippen LogP contribution is 2.11. The second-order valence-corrected chi connectivity index (χ2v) is 4.04. The van der Waals surface area contributed by atoms with Crippen molar-refractivity contribution >= 4 is 11.3 Å². The summed E-state index contributed by atoms with van der Waals surface area (Å²) < 4.78 is 5.03. The number of aromatic nitrogens is 1. The van der Waals surface area contributed by atoms with Gasteiger partial charge in [0.2, 0.25) is 0 Å². The van der Waals surface area contributed by atoms with E-state index in [-0.39, 0.29) is 0 Å². The fraction of sp³-hybridized carbons (Fsp3) is 0.667. The summed E-state index contributed by atoms with van der Waals surface area (Å²) in [6.45, 7) is 5.78. The molecule has 0 amide bonds. The molecule has 0 bridgehead atoms. The lowest BCUT2D eigenvalue weighted by atomic mass is 10.3. The van der Waals surface area contributed by atoms with Gasteiger partial charge >= 0.3 is 0 Å². The molecule has 1 aromatic heterocycles. The zero-order valence-electron chi connectivity index (χ0n) is 8.33. The van der Waals surface area contributed by atoms with Crippen LogP contribution in [0.5, 0.6) is 0 Å². The summed E-state index contributed by atoms with van der Waals surface area (Å²) >= 11 is 1.70. The first kappa shape index (κ1) is 10.6. The Kier molecular flexibility index (Phi) is 4.35. The van der Waals surface area contributed by atoms with E-state index in [2.05, 4.69) is 17.2 Å². The fourth-order valence-electron chi connectivity index (χ4n) is 1.07. The lowest BCUT2D eigenvalue weighted by Crippen LogP contribution is -2.29. The first-order chi connectivity index (χ1) is 6.24. The summed E-state index contributed by atoms with van der Waals surface area (Å²) in [5.74, 6) is 0. The van der Waals surface area contributed by atoms with Gasteiger partial charge < -0.3 is 10.1 Å². The summed E-state index contributed by atoms with van der Waals surface area (Å²) in [7, 11) is 1.72. The molecule has 1 aromatic rings. The molecule has 1 N–H and O–H groups in total. The van der Waals surface area contributed by atoms with Gasteiger partial charge in [-0.15, -0.1) is 11.3 Å². The normalized spacial score (nSPS) is 13.2. The topological polar surface area (TPSA) is 34.1 Å². The van der Waals surface area contributed by atoms with Crippen molar-refractivity contribution in [2.75, 3.05) is 13.7 Å². The number of aryl methyl sites for hydroxylation is 1. The molecule has 0 aliphatic heterocycles. The lowest BCUT2D eigenvalue weighted by molar-refractivity contribution is 0.172. The predicted octanol–water partition coefficient (Wildman–Crippen LogP) is 1.58. The molecule has 0 unspecified atom stereocenters. The van der Waals surface area contributed by atoms with E-state index in [9.17, 15) is 0 Å². The molecular formula is C9H16N2OS. The maximum absolute atomic E-state index is 5.03. The van der Waals surface area contributed by atoms with Gasteiger partial charge in [-0.2, -0.15) is 0 Å². The maximum Gasteiger partial charge on any atom is 0.0798 e. The molecule has 0 aromatic carbocycles. The van der Waals surface area contributed by atoms with Crippen LogP contribution in [0.25, 0.3) is 0 Å². The second-order valence-electron chi connectivity index (χ2n) is 3.10. The van der Waals surface area contributed by atoms with Crippen molar-refractivity contribution in [1.29, 1.82) is 0 Å². The number of hydrogen-bond donors (Lipinski definition) is 1. The van der Waals surface area contributed by atoms with E-state index in [1.165, 1.54) is 4.88 Å². The molecule has 74 valence electrons. The maximum atomic E-state index is 5.03. The molecule has 0 saturated heterocycles. The van der Waals surface area contributed by atoms with E-state index in [0.29, 0.717) is 6.04 Å². The van der Waals surface area contributed by atoms with Crippen LogP contribution >= 0.6 is 11.3 Å². The highest BCUT2D eigenvalue weighted by Gasteiger charge is 2.03. The van der Waals surface area contributed by atoms with E-state index in [1.807, 2.05) is 12.4 Å².